The highest BCUT2D eigenvalue weighted by Gasteiger charge is 2.36. The average molecular weight is 440 g/mol. The average Bonchev–Trinajstić information content (AvgIpc) is 3.44. The Bertz CT molecular complexity index is 1040. The summed E-state index contributed by atoms with van der Waals surface area (Å²) >= 11 is 8.44. The number of anilines is 1. The number of hydrogen-bond acceptors (Lipinski definition) is 5. The summed E-state index contributed by atoms with van der Waals surface area (Å²) in [7, 11) is 0. The van der Waals surface area contributed by atoms with Crippen molar-refractivity contribution in [2.75, 3.05) is 30.8 Å². The zero-order valence-electron chi connectivity index (χ0n) is 16.2. The number of halogens is 2. The first kappa shape index (κ1) is 20.5. The normalized spacial score (nSPS) is 21.9. The molecule has 9 heteroatoms. The van der Waals surface area contributed by atoms with Crippen molar-refractivity contribution in [3.63, 3.8) is 0 Å². The largest absolute Gasteiger partial charge is 0.477 e. The van der Waals surface area contributed by atoms with Gasteiger partial charge in [-0.2, -0.15) is 11.8 Å². The Morgan fingerprint density at radius 3 is 2.72 bits per heavy atom. The molecule has 156 valence electrons. The number of nitrogens with zero attached hydrogens (tertiary/aromatic N) is 2. The molecule has 2 fully saturated rings. The Hall–Kier alpha value is -1.77. The molecule has 29 heavy (non-hydrogen) atoms. The Kier molecular flexibility index (Phi) is 5.52. The maximum Gasteiger partial charge on any atom is 0.341 e. The van der Waals surface area contributed by atoms with Crippen molar-refractivity contribution >= 4 is 45.9 Å². The fraction of sp³-hybridized carbons (Fsp3) is 0.500. The molecule has 0 amide bonds. The van der Waals surface area contributed by atoms with Crippen LogP contribution in [0.4, 0.5) is 10.1 Å². The van der Waals surface area contributed by atoms with Gasteiger partial charge in [0.2, 0.25) is 5.43 Å². The number of rotatable bonds is 6. The van der Waals surface area contributed by atoms with Crippen LogP contribution in [0.15, 0.2) is 17.1 Å². The quantitative estimate of drug-likeness (QED) is 0.719. The SMILES string of the molecule is CCN[C@H]1CN(c2c(F)cc3c(=O)c(C(=O)O)cn(C4CC4)c3c2Cl)C[C@@H]1SC. The first-order valence-corrected chi connectivity index (χ1v) is 11.3. The van der Waals surface area contributed by atoms with Gasteiger partial charge in [-0.25, -0.2) is 9.18 Å². The summed E-state index contributed by atoms with van der Waals surface area (Å²) in [5, 5.41) is 13.3. The van der Waals surface area contributed by atoms with E-state index in [-0.39, 0.29) is 33.7 Å². The zero-order valence-corrected chi connectivity index (χ0v) is 17.8. The second kappa shape index (κ2) is 7.81. The lowest BCUT2D eigenvalue weighted by atomic mass is 10.1. The second-order valence-electron chi connectivity index (χ2n) is 7.58. The minimum Gasteiger partial charge on any atom is -0.477 e. The molecule has 1 aliphatic carbocycles. The summed E-state index contributed by atoms with van der Waals surface area (Å²) in [6.07, 6.45) is 5.14. The molecule has 0 bridgehead atoms. The van der Waals surface area contributed by atoms with Gasteiger partial charge in [-0.15, -0.1) is 0 Å². The van der Waals surface area contributed by atoms with Gasteiger partial charge in [0.1, 0.15) is 11.4 Å². The molecular weight excluding hydrogens is 417 g/mol. The van der Waals surface area contributed by atoms with Gasteiger partial charge in [0, 0.05) is 36.6 Å². The third-order valence-electron chi connectivity index (χ3n) is 5.71. The van der Waals surface area contributed by atoms with Crippen LogP contribution >= 0.6 is 23.4 Å². The summed E-state index contributed by atoms with van der Waals surface area (Å²) in [6, 6.07) is 1.44. The third-order valence-corrected chi connectivity index (χ3v) is 7.15. The highest BCUT2D eigenvalue weighted by molar-refractivity contribution is 7.99. The molecule has 1 saturated carbocycles. The van der Waals surface area contributed by atoms with Gasteiger partial charge < -0.3 is 19.9 Å². The monoisotopic (exact) mass is 439 g/mol. The van der Waals surface area contributed by atoms with E-state index in [0.29, 0.717) is 23.9 Å². The van der Waals surface area contributed by atoms with Crippen LogP contribution < -0.4 is 15.6 Å². The number of nitrogens with one attached hydrogen (secondary N) is 1. The van der Waals surface area contributed by atoms with Crippen LogP contribution in [0.2, 0.25) is 5.02 Å². The van der Waals surface area contributed by atoms with Crippen molar-refractivity contribution in [1.29, 1.82) is 0 Å². The van der Waals surface area contributed by atoms with Crippen LogP contribution in [0.5, 0.6) is 0 Å². The fourth-order valence-electron chi connectivity index (χ4n) is 4.17. The molecule has 0 unspecified atom stereocenters. The smallest absolute Gasteiger partial charge is 0.341 e. The van der Waals surface area contributed by atoms with Crippen molar-refractivity contribution in [3.05, 3.63) is 38.9 Å². The van der Waals surface area contributed by atoms with Crippen molar-refractivity contribution in [2.45, 2.75) is 37.1 Å². The van der Waals surface area contributed by atoms with Gasteiger partial charge in [0.15, 0.2) is 0 Å². The summed E-state index contributed by atoms with van der Waals surface area (Å²) in [5.41, 5.74) is -0.349. The maximum atomic E-state index is 15.2. The van der Waals surface area contributed by atoms with Crippen LogP contribution in [0, 0.1) is 5.82 Å². The number of aromatic nitrogens is 1. The number of carboxylic acid groups (broad SMARTS) is 1. The Balaban J connectivity index is 1.89. The lowest BCUT2D eigenvalue weighted by Crippen LogP contribution is -2.37. The number of thioether (sulfide) groups is 1. The van der Waals surface area contributed by atoms with Crippen molar-refractivity contribution < 1.29 is 14.3 Å². The number of carbonyl (C=O) groups is 1. The number of fused-ring (bicyclic) bond motifs is 1. The van der Waals surface area contributed by atoms with Crippen LogP contribution in [0.25, 0.3) is 10.9 Å². The number of aromatic carboxylic acids is 1. The van der Waals surface area contributed by atoms with E-state index in [0.717, 1.165) is 25.5 Å². The lowest BCUT2D eigenvalue weighted by Gasteiger charge is -2.23. The fourth-order valence-corrected chi connectivity index (χ4v) is 5.42. The molecule has 6 nitrogen and oxygen atoms in total. The number of benzene rings is 1. The lowest BCUT2D eigenvalue weighted by molar-refractivity contribution is 0.0695. The van der Waals surface area contributed by atoms with E-state index in [2.05, 4.69) is 5.32 Å². The molecule has 1 aliphatic heterocycles. The number of likely N-dealkylation sites (N-methyl/N-ethyl adjacent to an activating group) is 1. The first-order chi connectivity index (χ1) is 13.9. The third kappa shape index (κ3) is 3.51. The standard InChI is InChI=1S/C20H23ClFN3O3S/c1-3-23-14-8-24(9-15(14)29-2)18-13(22)6-11-17(16(18)21)25(10-4-5-10)7-12(19(11)26)20(27)28/h6-7,10,14-15,23H,3-5,8-9H2,1-2H3,(H,27,28)/t14-,15-/m0/s1. The van der Waals surface area contributed by atoms with E-state index in [9.17, 15) is 14.7 Å². The molecule has 1 saturated heterocycles. The van der Waals surface area contributed by atoms with Gasteiger partial charge in [0.25, 0.3) is 0 Å². The number of carboxylic acids is 1. The number of hydrogen-bond donors (Lipinski definition) is 2. The van der Waals surface area contributed by atoms with Crippen molar-refractivity contribution in [2.24, 2.45) is 0 Å². The van der Waals surface area contributed by atoms with Gasteiger partial charge >= 0.3 is 5.97 Å². The molecular formula is C20H23ClFN3O3S. The van der Waals surface area contributed by atoms with E-state index < -0.39 is 17.2 Å². The van der Waals surface area contributed by atoms with E-state index >= 15 is 4.39 Å². The molecule has 1 aromatic heterocycles. The summed E-state index contributed by atoms with van der Waals surface area (Å²) in [6.45, 7) is 4.12. The predicted octanol–water partition coefficient (Wildman–Crippen LogP) is 3.36. The second-order valence-corrected chi connectivity index (χ2v) is 9.03. The predicted molar refractivity (Wildman–Crippen MR) is 115 cm³/mol. The van der Waals surface area contributed by atoms with E-state index in [4.69, 9.17) is 11.6 Å². The Morgan fingerprint density at radius 2 is 2.14 bits per heavy atom. The summed E-state index contributed by atoms with van der Waals surface area (Å²) in [5.74, 6) is -1.91. The van der Waals surface area contributed by atoms with Gasteiger partial charge in [0.05, 0.1) is 21.6 Å². The minimum atomic E-state index is -1.32. The highest BCUT2D eigenvalue weighted by Crippen LogP contribution is 2.43. The molecule has 0 radical (unpaired) electrons. The molecule has 2 aromatic rings. The minimum absolute atomic E-state index is 0.0203. The van der Waals surface area contributed by atoms with E-state index in [1.165, 1.54) is 6.20 Å². The number of pyridine rings is 1. The topological polar surface area (TPSA) is 74.6 Å². The van der Waals surface area contributed by atoms with Gasteiger partial charge in [-0.1, -0.05) is 18.5 Å². The molecule has 1 aromatic carbocycles. The van der Waals surface area contributed by atoms with E-state index in [1.807, 2.05) is 18.1 Å². The highest BCUT2D eigenvalue weighted by atomic mass is 35.5. The molecule has 2 atom stereocenters. The molecule has 2 heterocycles. The Labute approximate surface area is 177 Å². The Morgan fingerprint density at radius 1 is 1.41 bits per heavy atom. The molecule has 0 spiro atoms. The van der Waals surface area contributed by atoms with Gasteiger partial charge in [-0.3, -0.25) is 4.79 Å². The van der Waals surface area contributed by atoms with Crippen LogP contribution in [0.3, 0.4) is 0 Å². The van der Waals surface area contributed by atoms with Crippen molar-refractivity contribution in [1.82, 2.24) is 9.88 Å². The van der Waals surface area contributed by atoms with Crippen LogP contribution in [-0.2, 0) is 0 Å². The van der Waals surface area contributed by atoms with Crippen LogP contribution in [-0.4, -0.2) is 52.8 Å². The molecule has 2 aliphatic rings. The first-order valence-electron chi connectivity index (χ1n) is 9.68. The molecule has 4 rings (SSSR count). The maximum absolute atomic E-state index is 15.2. The van der Waals surface area contributed by atoms with Crippen LogP contribution in [0.1, 0.15) is 36.2 Å². The molecule has 2 N–H and O–H groups in total. The van der Waals surface area contributed by atoms with Gasteiger partial charge in [-0.05, 0) is 31.7 Å². The summed E-state index contributed by atoms with van der Waals surface area (Å²) in [4.78, 5) is 26.1. The van der Waals surface area contributed by atoms with E-state index in [1.54, 1.807) is 16.3 Å². The summed E-state index contributed by atoms with van der Waals surface area (Å²) < 4.78 is 16.9. The van der Waals surface area contributed by atoms with Crippen molar-refractivity contribution in [3.8, 4) is 0 Å². The zero-order chi connectivity index (χ0) is 20.9.